The molecule has 0 saturated carbocycles. The molecule has 19 heavy (non-hydrogen) atoms. The van der Waals surface area contributed by atoms with Crippen molar-refractivity contribution < 1.29 is 13.6 Å². The van der Waals surface area contributed by atoms with Crippen LogP contribution in [0.2, 0.25) is 0 Å². The van der Waals surface area contributed by atoms with Gasteiger partial charge in [0, 0.05) is 17.4 Å². The van der Waals surface area contributed by atoms with Gasteiger partial charge in [0.15, 0.2) is 5.78 Å². The van der Waals surface area contributed by atoms with Gasteiger partial charge in [0.25, 0.3) is 0 Å². The molecule has 0 fully saturated rings. The van der Waals surface area contributed by atoms with Gasteiger partial charge in [-0.15, -0.1) is 23.1 Å². The normalized spacial score (nSPS) is 10.6. The van der Waals surface area contributed by atoms with Gasteiger partial charge < -0.3 is 0 Å². The van der Waals surface area contributed by atoms with Crippen LogP contribution >= 0.6 is 23.1 Å². The highest BCUT2D eigenvalue weighted by Gasteiger charge is 2.08. The summed E-state index contributed by atoms with van der Waals surface area (Å²) in [6.45, 7) is 0. The maximum Gasteiger partial charge on any atom is 0.172 e. The van der Waals surface area contributed by atoms with Crippen LogP contribution in [0, 0.1) is 11.6 Å². The number of carbonyl (C=O) groups is 1. The molecule has 100 valence electrons. The molecule has 2 rings (SSSR count). The van der Waals surface area contributed by atoms with Gasteiger partial charge in [-0.1, -0.05) is 6.07 Å². The number of carbonyl (C=O) groups excluding carboxylic acids is 1. The summed E-state index contributed by atoms with van der Waals surface area (Å²) in [5.41, 5.74) is 0. The predicted octanol–water partition coefficient (Wildman–Crippen LogP) is 4.78. The number of benzene rings is 1. The van der Waals surface area contributed by atoms with E-state index in [9.17, 15) is 13.6 Å². The molecule has 1 aromatic carbocycles. The first-order valence-electron chi connectivity index (χ1n) is 5.81. The van der Waals surface area contributed by atoms with Crippen LogP contribution in [-0.4, -0.2) is 11.5 Å². The summed E-state index contributed by atoms with van der Waals surface area (Å²) in [5, 5.41) is 1.87. The van der Waals surface area contributed by atoms with E-state index in [4.69, 9.17) is 0 Å². The fourth-order valence-corrected chi connectivity index (χ4v) is 3.13. The van der Waals surface area contributed by atoms with Crippen LogP contribution in [0.1, 0.15) is 22.5 Å². The van der Waals surface area contributed by atoms with Gasteiger partial charge in [0.2, 0.25) is 0 Å². The number of hydrogen-bond acceptors (Lipinski definition) is 3. The molecule has 0 aliphatic rings. The fourth-order valence-electron chi connectivity index (χ4n) is 1.57. The topological polar surface area (TPSA) is 17.1 Å². The van der Waals surface area contributed by atoms with E-state index in [0.29, 0.717) is 23.5 Å². The average molecular weight is 298 g/mol. The number of thioether (sulfide) groups is 1. The van der Waals surface area contributed by atoms with E-state index < -0.39 is 11.6 Å². The van der Waals surface area contributed by atoms with Crippen molar-refractivity contribution in [3.63, 3.8) is 0 Å². The Bertz CT molecular complexity index is 553. The Kier molecular flexibility index (Phi) is 5.10. The van der Waals surface area contributed by atoms with Crippen molar-refractivity contribution in [1.29, 1.82) is 0 Å². The molecule has 0 atom stereocenters. The lowest BCUT2D eigenvalue weighted by Crippen LogP contribution is -1.96. The molecule has 0 unspecified atom stereocenters. The van der Waals surface area contributed by atoms with Crippen LogP contribution in [0.4, 0.5) is 8.78 Å². The molecule has 0 saturated heterocycles. The molecule has 0 radical (unpaired) electrons. The summed E-state index contributed by atoms with van der Waals surface area (Å²) >= 11 is 2.74. The third kappa shape index (κ3) is 4.14. The number of hydrogen-bond donors (Lipinski definition) is 0. The molecular weight excluding hydrogens is 286 g/mol. The van der Waals surface area contributed by atoms with Crippen molar-refractivity contribution >= 4 is 28.9 Å². The van der Waals surface area contributed by atoms with Crippen molar-refractivity contribution in [3.05, 3.63) is 52.2 Å². The molecule has 1 aromatic heterocycles. The van der Waals surface area contributed by atoms with E-state index in [1.807, 2.05) is 11.4 Å². The van der Waals surface area contributed by atoms with Gasteiger partial charge in [-0.3, -0.25) is 4.79 Å². The van der Waals surface area contributed by atoms with Gasteiger partial charge in [0.1, 0.15) is 11.6 Å². The highest BCUT2D eigenvalue weighted by Crippen LogP contribution is 2.23. The summed E-state index contributed by atoms with van der Waals surface area (Å²) in [6, 6.07) is 7.19. The number of ketones is 1. The van der Waals surface area contributed by atoms with E-state index in [2.05, 4.69) is 0 Å². The average Bonchev–Trinajstić information content (AvgIpc) is 2.90. The maximum absolute atomic E-state index is 13.3. The lowest BCUT2D eigenvalue weighted by Gasteiger charge is -2.03. The van der Waals surface area contributed by atoms with Gasteiger partial charge in [-0.2, -0.15) is 0 Å². The number of Topliss-reactive ketones (excluding diaryl/α,β-unsaturated/α-hetero) is 1. The molecule has 1 nitrogen and oxygen atoms in total. The van der Waals surface area contributed by atoms with Gasteiger partial charge in [-0.25, -0.2) is 8.78 Å². The zero-order valence-corrected chi connectivity index (χ0v) is 11.7. The molecule has 0 N–H and O–H groups in total. The van der Waals surface area contributed by atoms with Crippen LogP contribution in [0.15, 0.2) is 40.6 Å². The first kappa shape index (κ1) is 14.2. The monoisotopic (exact) mass is 298 g/mol. The Morgan fingerprint density at radius 1 is 1.26 bits per heavy atom. The van der Waals surface area contributed by atoms with Crippen LogP contribution < -0.4 is 0 Å². The Hall–Kier alpha value is -1.20. The molecular formula is C14H12F2OS2. The van der Waals surface area contributed by atoms with Crippen molar-refractivity contribution in [2.24, 2.45) is 0 Å². The number of rotatable bonds is 6. The quantitative estimate of drug-likeness (QED) is 0.433. The van der Waals surface area contributed by atoms with Crippen molar-refractivity contribution in [2.75, 3.05) is 5.75 Å². The second kappa shape index (κ2) is 6.82. The predicted molar refractivity (Wildman–Crippen MR) is 75.0 cm³/mol. The second-order valence-electron chi connectivity index (χ2n) is 3.93. The zero-order chi connectivity index (χ0) is 13.7. The molecule has 0 spiro atoms. The zero-order valence-electron chi connectivity index (χ0n) is 10.1. The molecule has 0 amide bonds. The van der Waals surface area contributed by atoms with Gasteiger partial charge >= 0.3 is 0 Å². The van der Waals surface area contributed by atoms with E-state index in [1.165, 1.54) is 35.2 Å². The SMILES string of the molecule is O=C(CCCSc1ccc(F)cc1F)c1cccs1. The van der Waals surface area contributed by atoms with Crippen LogP contribution in [-0.2, 0) is 0 Å². The second-order valence-corrected chi connectivity index (χ2v) is 6.01. The third-order valence-electron chi connectivity index (χ3n) is 2.50. The molecule has 0 aliphatic heterocycles. The lowest BCUT2D eigenvalue weighted by molar-refractivity contribution is 0.0986. The minimum atomic E-state index is -0.574. The lowest BCUT2D eigenvalue weighted by atomic mass is 10.2. The molecule has 0 aliphatic carbocycles. The van der Waals surface area contributed by atoms with Crippen LogP contribution in [0.5, 0.6) is 0 Å². The molecule has 2 aromatic rings. The summed E-state index contributed by atoms with van der Waals surface area (Å²) in [7, 11) is 0. The van der Waals surface area contributed by atoms with E-state index in [0.717, 1.165) is 10.9 Å². The minimum absolute atomic E-state index is 0.121. The highest BCUT2D eigenvalue weighted by molar-refractivity contribution is 7.99. The standard InChI is InChI=1S/C14H12F2OS2/c15-10-5-6-13(11(16)9-10)18-7-1-3-12(17)14-4-2-8-19-14/h2,4-6,8-9H,1,3,7H2. The summed E-state index contributed by atoms with van der Waals surface area (Å²) in [6.07, 6.45) is 1.13. The van der Waals surface area contributed by atoms with E-state index >= 15 is 0 Å². The van der Waals surface area contributed by atoms with Crippen molar-refractivity contribution in [2.45, 2.75) is 17.7 Å². The highest BCUT2D eigenvalue weighted by atomic mass is 32.2. The van der Waals surface area contributed by atoms with Gasteiger partial charge in [0.05, 0.1) is 4.88 Å². The van der Waals surface area contributed by atoms with Crippen molar-refractivity contribution in [1.82, 2.24) is 0 Å². The largest absolute Gasteiger partial charge is 0.293 e. The summed E-state index contributed by atoms with van der Waals surface area (Å²) < 4.78 is 26.0. The van der Waals surface area contributed by atoms with E-state index in [-0.39, 0.29) is 5.78 Å². The first-order valence-corrected chi connectivity index (χ1v) is 7.68. The summed E-state index contributed by atoms with van der Waals surface area (Å²) in [5.74, 6) is -0.362. The molecule has 0 bridgehead atoms. The molecule has 1 heterocycles. The Morgan fingerprint density at radius 2 is 2.11 bits per heavy atom. The summed E-state index contributed by atoms with van der Waals surface area (Å²) in [4.78, 5) is 12.9. The number of halogens is 2. The fraction of sp³-hybridized carbons (Fsp3) is 0.214. The Morgan fingerprint density at radius 3 is 2.79 bits per heavy atom. The molecule has 5 heteroatoms. The van der Waals surface area contributed by atoms with Crippen LogP contribution in [0.25, 0.3) is 0 Å². The first-order chi connectivity index (χ1) is 9.16. The Labute approximate surface area is 118 Å². The smallest absolute Gasteiger partial charge is 0.172 e. The third-order valence-corrected chi connectivity index (χ3v) is 4.54. The van der Waals surface area contributed by atoms with Gasteiger partial charge in [-0.05, 0) is 35.8 Å². The Balaban J connectivity index is 1.76. The maximum atomic E-state index is 13.3. The van der Waals surface area contributed by atoms with E-state index in [1.54, 1.807) is 6.07 Å². The van der Waals surface area contributed by atoms with Crippen molar-refractivity contribution in [3.8, 4) is 0 Å². The number of thiophene rings is 1. The minimum Gasteiger partial charge on any atom is -0.293 e. The van der Waals surface area contributed by atoms with Crippen LogP contribution in [0.3, 0.4) is 0 Å².